The number of nitrogens with zero attached hydrogens (tertiary/aromatic N) is 2. The Morgan fingerprint density at radius 1 is 0.909 bits per heavy atom. The number of piperidine rings is 2. The summed E-state index contributed by atoms with van der Waals surface area (Å²) >= 11 is 0. The van der Waals surface area contributed by atoms with Gasteiger partial charge in [-0.15, -0.1) is 0 Å². The molecule has 7 nitrogen and oxygen atoms in total. The molecular formula is C26H49N5O2+2. The van der Waals surface area contributed by atoms with E-state index in [2.05, 4.69) is 25.9 Å². The Kier molecular flexibility index (Phi) is 8.58. The van der Waals surface area contributed by atoms with Gasteiger partial charge in [-0.2, -0.15) is 5.48 Å². The topological polar surface area (TPSA) is 78.0 Å². The first-order valence-electron chi connectivity index (χ1n) is 14.3. The second-order valence-electron chi connectivity index (χ2n) is 11.7. The van der Waals surface area contributed by atoms with E-state index in [1.165, 1.54) is 90.3 Å². The van der Waals surface area contributed by atoms with Crippen molar-refractivity contribution in [3.05, 3.63) is 0 Å². The second-order valence-corrected chi connectivity index (χ2v) is 11.7. The number of nitrogens with one attached hydrogen (secondary N) is 1. The van der Waals surface area contributed by atoms with Crippen LogP contribution in [0.25, 0.3) is 0 Å². The van der Waals surface area contributed by atoms with E-state index in [4.69, 9.17) is 4.84 Å². The molecule has 0 radical (unpaired) electrons. The number of carbonyl (C=O) groups is 1. The Labute approximate surface area is 200 Å². The summed E-state index contributed by atoms with van der Waals surface area (Å²) in [7, 11) is 0. The number of carbonyl (C=O) groups excluding carboxylic acids is 1. The lowest BCUT2D eigenvalue weighted by atomic mass is 9.78. The maximum Gasteiger partial charge on any atom is 0.222 e. The van der Waals surface area contributed by atoms with Crippen molar-refractivity contribution in [2.45, 2.75) is 95.4 Å². The van der Waals surface area contributed by atoms with Gasteiger partial charge < -0.3 is 15.5 Å². The third-order valence-corrected chi connectivity index (χ3v) is 9.51. The molecule has 1 aliphatic carbocycles. The minimum absolute atomic E-state index is 0.412. The fourth-order valence-electron chi connectivity index (χ4n) is 7.43. The van der Waals surface area contributed by atoms with E-state index in [0.717, 1.165) is 38.5 Å². The summed E-state index contributed by atoms with van der Waals surface area (Å²) in [5, 5.41) is 4.99. The minimum atomic E-state index is 0.412. The normalized spacial score (nSPS) is 37.3. The number of nitrogens with two attached hydrogens (primary N) is 2. The summed E-state index contributed by atoms with van der Waals surface area (Å²) in [4.78, 5) is 24.1. The number of hydrogen-bond acceptors (Lipinski definition) is 4. The molecule has 7 heteroatoms. The van der Waals surface area contributed by atoms with Crippen molar-refractivity contribution in [2.24, 2.45) is 17.8 Å². The summed E-state index contributed by atoms with van der Waals surface area (Å²) in [6, 6.07) is 0.473. The molecule has 188 valence electrons. The van der Waals surface area contributed by atoms with E-state index in [-0.39, 0.29) is 0 Å². The largest absolute Gasteiger partial charge is 0.346 e. The highest BCUT2D eigenvalue weighted by Crippen LogP contribution is 2.34. The van der Waals surface area contributed by atoms with Crippen LogP contribution in [0, 0.1) is 17.8 Å². The van der Waals surface area contributed by atoms with E-state index in [1.54, 1.807) is 0 Å². The Bertz CT molecular complexity index is 614. The van der Waals surface area contributed by atoms with Crippen molar-refractivity contribution < 1.29 is 20.3 Å². The van der Waals surface area contributed by atoms with Crippen molar-refractivity contribution in [1.29, 1.82) is 0 Å². The van der Waals surface area contributed by atoms with Crippen molar-refractivity contribution in [3.8, 4) is 0 Å². The van der Waals surface area contributed by atoms with Crippen LogP contribution in [-0.4, -0.2) is 79.8 Å². The Hall–Kier alpha value is -0.730. The molecule has 4 aliphatic heterocycles. The molecule has 5 aliphatic rings. The van der Waals surface area contributed by atoms with Gasteiger partial charge in [0.05, 0.1) is 25.7 Å². The van der Waals surface area contributed by atoms with Crippen LogP contribution in [0.3, 0.4) is 0 Å². The van der Waals surface area contributed by atoms with Gasteiger partial charge in [-0.25, -0.2) is 0 Å². The highest BCUT2D eigenvalue weighted by Gasteiger charge is 2.38. The van der Waals surface area contributed by atoms with Crippen LogP contribution in [0.4, 0.5) is 0 Å². The first kappa shape index (κ1) is 24.0. The molecule has 0 bridgehead atoms. The summed E-state index contributed by atoms with van der Waals surface area (Å²) in [6.45, 7) is 7.59. The zero-order chi connectivity index (χ0) is 22.5. The van der Waals surface area contributed by atoms with Crippen LogP contribution in [0.15, 0.2) is 0 Å². The molecule has 4 saturated heterocycles. The van der Waals surface area contributed by atoms with Gasteiger partial charge in [0.1, 0.15) is 6.17 Å². The maximum absolute atomic E-state index is 13.2. The Morgan fingerprint density at radius 3 is 2.52 bits per heavy atom. The smallest absolute Gasteiger partial charge is 0.222 e. The summed E-state index contributed by atoms with van der Waals surface area (Å²) < 4.78 is 0. The fourth-order valence-corrected chi connectivity index (χ4v) is 7.43. The maximum atomic E-state index is 13.2. The molecule has 5 unspecified atom stereocenters. The Balaban J connectivity index is 1.07. The minimum Gasteiger partial charge on any atom is -0.346 e. The van der Waals surface area contributed by atoms with E-state index < -0.39 is 0 Å². The highest BCUT2D eigenvalue weighted by molar-refractivity contribution is 5.76. The average Bonchev–Trinajstić information content (AvgIpc) is 3.35. The van der Waals surface area contributed by atoms with Gasteiger partial charge in [-0.05, 0) is 50.4 Å². The van der Waals surface area contributed by atoms with Crippen molar-refractivity contribution in [3.63, 3.8) is 0 Å². The molecule has 5 rings (SSSR count). The van der Waals surface area contributed by atoms with Gasteiger partial charge in [0.25, 0.3) is 0 Å². The van der Waals surface area contributed by atoms with Crippen molar-refractivity contribution >= 4 is 5.91 Å². The quantitative estimate of drug-likeness (QED) is 0.534. The van der Waals surface area contributed by atoms with Gasteiger partial charge in [0, 0.05) is 57.4 Å². The lowest BCUT2D eigenvalue weighted by molar-refractivity contribution is -0.717. The fraction of sp³-hybridized carbons (Fsp3) is 0.962. The molecule has 0 aromatic carbocycles. The van der Waals surface area contributed by atoms with Crippen LogP contribution in [0.5, 0.6) is 0 Å². The first-order valence-corrected chi connectivity index (χ1v) is 14.3. The van der Waals surface area contributed by atoms with E-state index in [0.29, 0.717) is 36.1 Å². The average molecular weight is 464 g/mol. The number of amides is 1. The third kappa shape index (κ3) is 6.29. The van der Waals surface area contributed by atoms with Crippen LogP contribution >= 0.6 is 0 Å². The standard InChI is InChI=1S/C26H47N5O2/c32-26(31-14-12-30(13-15-31)25-8-4-5-10-28-25)17-21-9-11-27-19-22(21)16-23-18-24(33-29-23)20-6-2-1-3-7-20/h20-25,27-29H,1-19H2/p+2. The number of hydrogen-bond donors (Lipinski definition) is 3. The second kappa shape index (κ2) is 11.8. The molecule has 1 saturated carbocycles. The number of quaternary nitrogens is 2. The monoisotopic (exact) mass is 463 g/mol. The van der Waals surface area contributed by atoms with Gasteiger partial charge in [0.15, 0.2) is 0 Å². The third-order valence-electron chi connectivity index (χ3n) is 9.51. The molecule has 5 fully saturated rings. The highest BCUT2D eigenvalue weighted by atomic mass is 16.7. The number of rotatable bonds is 6. The van der Waals surface area contributed by atoms with Crippen molar-refractivity contribution in [2.75, 3.05) is 45.8 Å². The van der Waals surface area contributed by atoms with Gasteiger partial charge in [-0.3, -0.25) is 14.5 Å². The molecule has 0 aromatic heterocycles. The van der Waals surface area contributed by atoms with Gasteiger partial charge in [-0.1, -0.05) is 19.3 Å². The number of piperazine rings is 1. The van der Waals surface area contributed by atoms with Crippen LogP contribution in [0.1, 0.15) is 77.0 Å². The van der Waals surface area contributed by atoms with Gasteiger partial charge >= 0.3 is 0 Å². The predicted octanol–water partition coefficient (Wildman–Crippen LogP) is 0.426. The zero-order valence-electron chi connectivity index (χ0n) is 20.8. The molecule has 5 atom stereocenters. The van der Waals surface area contributed by atoms with Crippen molar-refractivity contribution in [1.82, 2.24) is 15.3 Å². The lowest BCUT2D eigenvalue weighted by Crippen LogP contribution is -2.95. The van der Waals surface area contributed by atoms with Crippen LogP contribution in [-0.2, 0) is 9.63 Å². The molecule has 5 N–H and O–H groups in total. The van der Waals surface area contributed by atoms with E-state index in [9.17, 15) is 4.79 Å². The number of hydroxylamine groups is 1. The first-order chi connectivity index (χ1) is 16.3. The molecule has 4 heterocycles. The zero-order valence-corrected chi connectivity index (χ0v) is 20.8. The molecule has 33 heavy (non-hydrogen) atoms. The molecule has 1 amide bonds. The van der Waals surface area contributed by atoms with E-state index in [1.807, 2.05) is 0 Å². The molecule has 0 aromatic rings. The SMILES string of the molecule is O=C(CC1CC[NH2+]CC1CC1CC(C2CCCCC2)ON1)N1CCN(C2CCCC[NH2+]2)CC1. The van der Waals surface area contributed by atoms with Crippen LogP contribution in [0.2, 0.25) is 0 Å². The van der Waals surface area contributed by atoms with Crippen LogP contribution < -0.4 is 16.1 Å². The summed E-state index contributed by atoms with van der Waals surface area (Å²) in [5.74, 6) is 2.35. The lowest BCUT2D eigenvalue weighted by Gasteiger charge is -2.40. The molecule has 0 spiro atoms. The van der Waals surface area contributed by atoms with Gasteiger partial charge in [0.2, 0.25) is 5.91 Å². The molecular weight excluding hydrogens is 414 g/mol. The predicted molar refractivity (Wildman–Crippen MR) is 128 cm³/mol. The van der Waals surface area contributed by atoms with E-state index >= 15 is 0 Å². The Morgan fingerprint density at radius 2 is 1.73 bits per heavy atom. The summed E-state index contributed by atoms with van der Waals surface area (Å²) in [5.41, 5.74) is 3.41. The summed E-state index contributed by atoms with van der Waals surface area (Å²) in [6.07, 6.45) is 16.3.